The molecule has 0 aromatic carbocycles. The molecule has 0 saturated heterocycles. The summed E-state index contributed by atoms with van der Waals surface area (Å²) in [4.78, 5) is 17.4. The summed E-state index contributed by atoms with van der Waals surface area (Å²) in [5, 5.41) is 16.5. The number of nitrogens with one attached hydrogen (secondary N) is 1. The van der Waals surface area contributed by atoms with Crippen molar-refractivity contribution in [3.05, 3.63) is 42.1 Å². The second-order valence-corrected chi connectivity index (χ2v) is 6.24. The fraction of sp³-hybridized carbons (Fsp3) is 0.235. The third-order valence-corrected chi connectivity index (χ3v) is 4.13. The number of nitrogens with zero attached hydrogens (tertiary/aromatic N) is 7. The summed E-state index contributed by atoms with van der Waals surface area (Å²) in [7, 11) is 5.45. The normalized spacial score (nSPS) is 11.2. The van der Waals surface area contributed by atoms with Crippen molar-refractivity contribution in [2.45, 2.75) is 6.92 Å². The van der Waals surface area contributed by atoms with Crippen molar-refractivity contribution < 1.29 is 4.79 Å². The molecule has 1 amide bonds. The highest BCUT2D eigenvalue weighted by Crippen LogP contribution is 2.27. The van der Waals surface area contributed by atoms with Crippen molar-refractivity contribution in [3.8, 4) is 11.3 Å². The number of aryl methyl sites for hydroxylation is 4. The minimum absolute atomic E-state index is 0.230. The van der Waals surface area contributed by atoms with E-state index in [-0.39, 0.29) is 5.91 Å². The van der Waals surface area contributed by atoms with Gasteiger partial charge in [-0.3, -0.25) is 18.8 Å². The van der Waals surface area contributed by atoms with E-state index in [9.17, 15) is 4.79 Å². The number of anilines is 1. The van der Waals surface area contributed by atoms with Crippen LogP contribution in [0.2, 0.25) is 0 Å². The van der Waals surface area contributed by atoms with Crippen molar-refractivity contribution in [1.29, 1.82) is 0 Å². The van der Waals surface area contributed by atoms with Crippen LogP contribution < -0.4 is 5.32 Å². The predicted octanol–water partition coefficient (Wildman–Crippen LogP) is 1.66. The first-order chi connectivity index (χ1) is 12.4. The summed E-state index contributed by atoms with van der Waals surface area (Å²) < 4.78 is 5.01. The number of hydrogen-bond acceptors (Lipinski definition) is 5. The van der Waals surface area contributed by atoms with Gasteiger partial charge in [-0.1, -0.05) is 0 Å². The first kappa shape index (κ1) is 16.0. The van der Waals surface area contributed by atoms with Crippen molar-refractivity contribution in [1.82, 2.24) is 34.3 Å². The van der Waals surface area contributed by atoms with E-state index in [0.717, 1.165) is 11.3 Å². The molecule has 0 fully saturated rings. The number of pyridine rings is 1. The molecule has 0 saturated carbocycles. The molecule has 0 unspecified atom stereocenters. The summed E-state index contributed by atoms with van der Waals surface area (Å²) in [6.45, 7) is 1.86. The molecule has 0 aliphatic carbocycles. The van der Waals surface area contributed by atoms with Crippen LogP contribution in [0.25, 0.3) is 22.3 Å². The Kier molecular flexibility index (Phi) is 3.57. The van der Waals surface area contributed by atoms with Crippen molar-refractivity contribution in [3.63, 3.8) is 0 Å². The molecule has 4 aromatic heterocycles. The molecule has 9 nitrogen and oxygen atoms in total. The van der Waals surface area contributed by atoms with Crippen molar-refractivity contribution >= 4 is 22.6 Å². The van der Waals surface area contributed by atoms with E-state index < -0.39 is 0 Å². The maximum atomic E-state index is 13.0. The quantitative estimate of drug-likeness (QED) is 0.606. The van der Waals surface area contributed by atoms with E-state index in [0.29, 0.717) is 28.0 Å². The SMILES string of the molecule is Cc1cc(C(=O)Nc2cn(C)nc2-c2cnn(C)c2)c2cnn(C)c2n1. The molecule has 0 bridgehead atoms. The Hall–Kier alpha value is -3.49. The molecule has 9 heteroatoms. The molecule has 0 aliphatic heterocycles. The lowest BCUT2D eigenvalue weighted by atomic mass is 10.1. The highest BCUT2D eigenvalue weighted by atomic mass is 16.1. The van der Waals surface area contributed by atoms with Crippen LogP contribution in [0.5, 0.6) is 0 Å². The first-order valence-corrected chi connectivity index (χ1v) is 8.06. The van der Waals surface area contributed by atoms with Gasteiger partial charge in [-0.2, -0.15) is 15.3 Å². The molecule has 0 atom stereocenters. The van der Waals surface area contributed by atoms with Crippen molar-refractivity contribution in [2.75, 3.05) is 5.32 Å². The molecule has 4 heterocycles. The van der Waals surface area contributed by atoms with Crippen LogP contribution in [0.3, 0.4) is 0 Å². The number of amides is 1. The second-order valence-electron chi connectivity index (χ2n) is 6.24. The van der Waals surface area contributed by atoms with Crippen LogP contribution in [0, 0.1) is 6.92 Å². The van der Waals surface area contributed by atoms with Crippen LogP contribution in [-0.4, -0.2) is 40.2 Å². The number of aromatic nitrogens is 7. The lowest BCUT2D eigenvalue weighted by Crippen LogP contribution is -2.13. The predicted molar refractivity (Wildman–Crippen MR) is 96.6 cm³/mol. The number of carbonyl (C=O) groups is 1. The fourth-order valence-electron chi connectivity index (χ4n) is 2.95. The Bertz CT molecular complexity index is 1130. The molecular weight excluding hydrogens is 332 g/mol. The standard InChI is InChI=1S/C17H18N8O/c1-10-5-12(13-7-19-25(4)16(13)20-10)17(26)21-14-9-24(3)22-15(14)11-6-18-23(2)8-11/h5-9H,1-4H3,(H,21,26). The summed E-state index contributed by atoms with van der Waals surface area (Å²) in [6.07, 6.45) is 7.00. The minimum Gasteiger partial charge on any atom is -0.319 e. The van der Waals surface area contributed by atoms with Gasteiger partial charge in [0.2, 0.25) is 0 Å². The molecular formula is C17H18N8O. The highest BCUT2D eigenvalue weighted by Gasteiger charge is 2.18. The van der Waals surface area contributed by atoms with E-state index >= 15 is 0 Å². The zero-order valence-corrected chi connectivity index (χ0v) is 14.9. The van der Waals surface area contributed by atoms with Crippen LogP contribution in [0.4, 0.5) is 5.69 Å². The maximum Gasteiger partial charge on any atom is 0.256 e. The molecule has 26 heavy (non-hydrogen) atoms. The van der Waals surface area contributed by atoms with Crippen LogP contribution in [0.15, 0.2) is 30.9 Å². The van der Waals surface area contributed by atoms with Crippen molar-refractivity contribution in [2.24, 2.45) is 21.1 Å². The molecule has 4 rings (SSSR count). The van der Waals surface area contributed by atoms with Crippen LogP contribution in [0.1, 0.15) is 16.1 Å². The fourth-order valence-corrected chi connectivity index (χ4v) is 2.95. The Morgan fingerprint density at radius 1 is 1.08 bits per heavy atom. The van der Waals surface area contributed by atoms with Gasteiger partial charge in [-0.25, -0.2) is 4.98 Å². The molecule has 132 valence electrons. The summed E-state index contributed by atoms with van der Waals surface area (Å²) in [5.74, 6) is -0.230. The average Bonchev–Trinajstić information content (AvgIpc) is 3.27. The van der Waals surface area contributed by atoms with E-state index in [2.05, 4.69) is 25.6 Å². The summed E-state index contributed by atoms with van der Waals surface area (Å²) >= 11 is 0. The third kappa shape index (κ3) is 2.63. The minimum atomic E-state index is -0.230. The lowest BCUT2D eigenvalue weighted by Gasteiger charge is -2.07. The maximum absolute atomic E-state index is 13.0. The lowest BCUT2D eigenvalue weighted by molar-refractivity contribution is 0.102. The summed E-state index contributed by atoms with van der Waals surface area (Å²) in [5.41, 5.74) is 4.08. The van der Waals surface area contributed by atoms with Gasteiger partial charge in [-0.05, 0) is 13.0 Å². The number of hydrogen-bond donors (Lipinski definition) is 1. The van der Waals surface area contributed by atoms with Gasteiger partial charge in [0.25, 0.3) is 5.91 Å². The average molecular weight is 350 g/mol. The topological polar surface area (TPSA) is 95.5 Å². The van der Waals surface area contributed by atoms with Gasteiger partial charge in [-0.15, -0.1) is 0 Å². The highest BCUT2D eigenvalue weighted by molar-refractivity contribution is 6.12. The van der Waals surface area contributed by atoms with E-state index in [1.807, 2.05) is 27.2 Å². The van der Waals surface area contributed by atoms with Gasteiger partial charge >= 0.3 is 0 Å². The molecule has 4 aromatic rings. The largest absolute Gasteiger partial charge is 0.319 e. The van der Waals surface area contributed by atoms with Crippen LogP contribution in [-0.2, 0) is 21.1 Å². The molecule has 0 spiro atoms. The Morgan fingerprint density at radius 3 is 2.62 bits per heavy atom. The van der Waals surface area contributed by atoms with Gasteiger partial charge in [0.15, 0.2) is 5.65 Å². The van der Waals surface area contributed by atoms with Crippen LogP contribution >= 0.6 is 0 Å². The Morgan fingerprint density at radius 2 is 1.88 bits per heavy atom. The molecule has 0 aliphatic rings. The molecule has 1 N–H and O–H groups in total. The van der Waals surface area contributed by atoms with Gasteiger partial charge < -0.3 is 5.32 Å². The number of carbonyl (C=O) groups excluding carboxylic acids is 1. The van der Waals surface area contributed by atoms with Gasteiger partial charge in [0.1, 0.15) is 5.69 Å². The smallest absolute Gasteiger partial charge is 0.256 e. The Balaban J connectivity index is 1.74. The van der Waals surface area contributed by atoms with Gasteiger partial charge in [0, 0.05) is 44.8 Å². The Labute approximate surface area is 149 Å². The molecule has 0 radical (unpaired) electrons. The first-order valence-electron chi connectivity index (χ1n) is 8.06. The van der Waals surface area contributed by atoms with Gasteiger partial charge in [0.05, 0.1) is 29.0 Å². The van der Waals surface area contributed by atoms with E-state index in [1.165, 1.54) is 0 Å². The van der Waals surface area contributed by atoms with E-state index in [4.69, 9.17) is 0 Å². The number of fused-ring (bicyclic) bond motifs is 1. The zero-order valence-electron chi connectivity index (χ0n) is 14.9. The summed E-state index contributed by atoms with van der Waals surface area (Å²) in [6, 6.07) is 1.76. The monoisotopic (exact) mass is 350 g/mol. The zero-order chi connectivity index (χ0) is 18.4. The van der Waals surface area contributed by atoms with E-state index in [1.54, 1.807) is 45.7 Å². The number of rotatable bonds is 3. The third-order valence-electron chi connectivity index (χ3n) is 4.13. The second kappa shape index (κ2) is 5.80.